The van der Waals surface area contributed by atoms with Crippen molar-refractivity contribution in [3.8, 4) is 0 Å². The third-order valence-electron chi connectivity index (χ3n) is 5.59. The molecule has 1 unspecified atom stereocenters. The van der Waals surface area contributed by atoms with Gasteiger partial charge in [0.2, 0.25) is 5.91 Å². The zero-order valence-corrected chi connectivity index (χ0v) is 17.8. The number of carboxylic acid groups (broad SMARTS) is 1. The van der Waals surface area contributed by atoms with Crippen molar-refractivity contribution in [2.75, 3.05) is 12.4 Å². The minimum atomic E-state index is -1.38. The summed E-state index contributed by atoms with van der Waals surface area (Å²) < 4.78 is 17.6. The number of fused-ring (bicyclic) bond motifs is 1. The van der Waals surface area contributed by atoms with Gasteiger partial charge in [-0.2, -0.15) is 0 Å². The maximum Gasteiger partial charge on any atom is 0.327 e. The number of esters is 1. The Hall–Kier alpha value is -2.26. The van der Waals surface area contributed by atoms with E-state index in [-0.39, 0.29) is 12.4 Å². The van der Waals surface area contributed by atoms with Crippen LogP contribution in [0.1, 0.15) is 38.2 Å². The molecule has 0 aliphatic carbocycles. The Bertz CT molecular complexity index is 802. The Morgan fingerprint density at radius 2 is 2.03 bits per heavy atom. The van der Waals surface area contributed by atoms with Crippen LogP contribution in [0.15, 0.2) is 30.3 Å². The first-order valence-electron chi connectivity index (χ1n) is 10.3. The SMILES string of the molecule is CCOC(=O)C(CCc1ccccc1)N[C@@H]1CCC[C@H]2N(C1=O)[C@@H](C(=O)O)C[S@@]2=O. The van der Waals surface area contributed by atoms with Crippen LogP contribution in [0.25, 0.3) is 0 Å². The molecule has 1 aromatic carbocycles. The molecular formula is C21H28N2O6S. The van der Waals surface area contributed by atoms with Gasteiger partial charge >= 0.3 is 11.9 Å². The molecule has 8 nitrogen and oxygen atoms in total. The zero-order valence-electron chi connectivity index (χ0n) is 17.0. The van der Waals surface area contributed by atoms with Crippen LogP contribution in [0.3, 0.4) is 0 Å². The lowest BCUT2D eigenvalue weighted by Crippen LogP contribution is -2.55. The molecule has 2 aliphatic heterocycles. The number of nitrogens with zero attached hydrogens (tertiary/aromatic N) is 1. The van der Waals surface area contributed by atoms with Gasteiger partial charge in [-0.25, -0.2) is 4.79 Å². The fraction of sp³-hybridized carbons (Fsp3) is 0.571. The maximum atomic E-state index is 13.2. The van der Waals surface area contributed by atoms with Gasteiger partial charge in [0.1, 0.15) is 17.5 Å². The number of aliphatic carboxylic acids is 1. The van der Waals surface area contributed by atoms with Crippen molar-refractivity contribution in [3.63, 3.8) is 0 Å². The average Bonchev–Trinajstić information content (AvgIpc) is 2.97. The van der Waals surface area contributed by atoms with E-state index >= 15 is 0 Å². The molecular weight excluding hydrogens is 408 g/mol. The molecule has 1 amide bonds. The lowest BCUT2D eigenvalue weighted by atomic mass is 10.0. The molecule has 0 bridgehead atoms. The van der Waals surface area contributed by atoms with Crippen molar-refractivity contribution in [2.45, 2.75) is 62.5 Å². The van der Waals surface area contributed by atoms with Gasteiger partial charge in [-0.3, -0.25) is 19.1 Å². The molecule has 2 aliphatic rings. The quantitative estimate of drug-likeness (QED) is 0.586. The number of hydrogen-bond acceptors (Lipinski definition) is 6. The second kappa shape index (κ2) is 10.2. The normalized spacial score (nSPS) is 27.2. The number of nitrogens with one attached hydrogen (secondary N) is 1. The van der Waals surface area contributed by atoms with Gasteiger partial charge in [0.15, 0.2) is 0 Å². The van der Waals surface area contributed by atoms with E-state index in [1.54, 1.807) is 6.92 Å². The molecule has 5 atom stereocenters. The molecule has 30 heavy (non-hydrogen) atoms. The van der Waals surface area contributed by atoms with Gasteiger partial charge < -0.3 is 14.7 Å². The third kappa shape index (κ3) is 5.07. The predicted octanol–water partition coefficient (Wildman–Crippen LogP) is 1.06. The van der Waals surface area contributed by atoms with E-state index in [4.69, 9.17) is 4.74 Å². The van der Waals surface area contributed by atoms with E-state index in [0.717, 1.165) is 5.56 Å². The minimum absolute atomic E-state index is 0.0478. The molecule has 0 spiro atoms. The van der Waals surface area contributed by atoms with Crippen LogP contribution in [0.2, 0.25) is 0 Å². The number of ether oxygens (including phenoxy) is 1. The molecule has 0 saturated carbocycles. The van der Waals surface area contributed by atoms with Gasteiger partial charge in [-0.1, -0.05) is 30.3 Å². The van der Waals surface area contributed by atoms with Crippen LogP contribution >= 0.6 is 0 Å². The molecule has 0 aromatic heterocycles. The van der Waals surface area contributed by atoms with Crippen molar-refractivity contribution in [1.29, 1.82) is 0 Å². The van der Waals surface area contributed by atoms with Gasteiger partial charge in [-0.15, -0.1) is 0 Å². The Kier molecular flexibility index (Phi) is 7.60. The summed E-state index contributed by atoms with van der Waals surface area (Å²) in [4.78, 5) is 38.6. The highest BCUT2D eigenvalue weighted by molar-refractivity contribution is 7.86. The molecule has 3 rings (SSSR count). The monoisotopic (exact) mass is 436 g/mol. The summed E-state index contributed by atoms with van der Waals surface area (Å²) in [5.74, 6) is -2.02. The van der Waals surface area contributed by atoms with Gasteiger partial charge in [-0.05, 0) is 44.6 Å². The van der Waals surface area contributed by atoms with E-state index in [1.807, 2.05) is 30.3 Å². The van der Waals surface area contributed by atoms with E-state index in [2.05, 4.69) is 5.32 Å². The second-order valence-electron chi connectivity index (χ2n) is 7.58. The summed E-state index contributed by atoms with van der Waals surface area (Å²) in [5, 5.41) is 12.0. The smallest absolute Gasteiger partial charge is 0.327 e. The van der Waals surface area contributed by atoms with Crippen molar-refractivity contribution in [1.82, 2.24) is 10.2 Å². The number of rotatable bonds is 8. The first-order valence-corrected chi connectivity index (χ1v) is 11.7. The number of carbonyl (C=O) groups excluding carboxylic acids is 2. The number of carbonyl (C=O) groups is 3. The summed E-state index contributed by atoms with van der Waals surface area (Å²) >= 11 is 0. The van der Waals surface area contributed by atoms with Crippen LogP contribution in [0, 0.1) is 0 Å². The summed E-state index contributed by atoms with van der Waals surface area (Å²) in [5.41, 5.74) is 1.07. The lowest BCUT2D eigenvalue weighted by molar-refractivity contribution is -0.151. The summed E-state index contributed by atoms with van der Waals surface area (Å²) in [6.45, 7) is 1.96. The van der Waals surface area contributed by atoms with E-state index < -0.39 is 52.1 Å². The molecule has 2 saturated heterocycles. The molecule has 2 fully saturated rings. The number of carboxylic acids is 1. The zero-order chi connectivity index (χ0) is 21.7. The fourth-order valence-corrected chi connectivity index (χ4v) is 5.87. The van der Waals surface area contributed by atoms with Crippen LogP contribution < -0.4 is 5.32 Å². The Labute approximate surface area is 178 Å². The Morgan fingerprint density at radius 1 is 1.30 bits per heavy atom. The third-order valence-corrected chi connectivity index (χ3v) is 7.31. The van der Waals surface area contributed by atoms with Gasteiger partial charge in [0.05, 0.1) is 18.4 Å². The molecule has 1 aromatic rings. The Balaban J connectivity index is 1.75. The molecule has 9 heteroatoms. The summed E-state index contributed by atoms with van der Waals surface area (Å²) in [6.07, 6.45) is 2.65. The van der Waals surface area contributed by atoms with Crippen molar-refractivity contribution >= 4 is 28.6 Å². The van der Waals surface area contributed by atoms with Crippen molar-refractivity contribution < 1.29 is 28.4 Å². The maximum absolute atomic E-state index is 13.2. The van der Waals surface area contributed by atoms with Crippen LogP contribution in [0.5, 0.6) is 0 Å². The highest BCUT2D eigenvalue weighted by Gasteiger charge is 2.49. The van der Waals surface area contributed by atoms with Crippen molar-refractivity contribution in [3.05, 3.63) is 35.9 Å². The van der Waals surface area contributed by atoms with E-state index in [1.165, 1.54) is 4.90 Å². The minimum Gasteiger partial charge on any atom is -0.480 e. The highest BCUT2D eigenvalue weighted by atomic mass is 32.2. The van der Waals surface area contributed by atoms with E-state index in [0.29, 0.717) is 32.1 Å². The number of hydrogen-bond donors (Lipinski definition) is 2. The lowest BCUT2D eigenvalue weighted by Gasteiger charge is -2.29. The standard InChI is InChI=1S/C21H28N2O6S/c1-2-29-21(27)16(12-11-14-7-4-3-5-8-14)22-15-9-6-10-18-23(19(15)24)17(20(25)26)13-30(18)28/h3-5,7-8,15-18,22H,2,6,9-13H2,1H3,(H,25,26)/t15-,16?,17-,18+,30+/m1/s1. The molecule has 2 heterocycles. The average molecular weight is 437 g/mol. The van der Waals surface area contributed by atoms with Gasteiger partial charge in [0, 0.05) is 10.8 Å². The van der Waals surface area contributed by atoms with Crippen molar-refractivity contribution in [2.24, 2.45) is 0 Å². The van der Waals surface area contributed by atoms with Crippen LogP contribution in [-0.4, -0.2) is 67.9 Å². The second-order valence-corrected chi connectivity index (χ2v) is 9.22. The fourth-order valence-electron chi connectivity index (χ4n) is 4.10. The predicted molar refractivity (Wildman–Crippen MR) is 111 cm³/mol. The number of amides is 1. The molecule has 164 valence electrons. The van der Waals surface area contributed by atoms with Crippen LogP contribution in [0.4, 0.5) is 0 Å². The highest BCUT2D eigenvalue weighted by Crippen LogP contribution is 2.29. The van der Waals surface area contributed by atoms with E-state index in [9.17, 15) is 23.7 Å². The first kappa shape index (κ1) is 22.4. The summed E-state index contributed by atoms with van der Waals surface area (Å²) in [6, 6.07) is 7.23. The summed E-state index contributed by atoms with van der Waals surface area (Å²) in [7, 11) is -1.38. The topological polar surface area (TPSA) is 113 Å². The molecule has 0 radical (unpaired) electrons. The van der Waals surface area contributed by atoms with Crippen LogP contribution in [-0.2, 0) is 36.3 Å². The van der Waals surface area contributed by atoms with Gasteiger partial charge in [0.25, 0.3) is 0 Å². The first-order chi connectivity index (χ1) is 14.4. The largest absolute Gasteiger partial charge is 0.480 e. The number of aryl methyl sites for hydroxylation is 1. The molecule has 2 N–H and O–H groups in total. The Morgan fingerprint density at radius 3 is 2.70 bits per heavy atom. The number of benzene rings is 1.